The first-order valence-electron chi connectivity index (χ1n) is 4.80. The van der Waals surface area contributed by atoms with E-state index in [1.807, 2.05) is 19.3 Å². The highest BCUT2D eigenvalue weighted by molar-refractivity contribution is 7.98. The van der Waals surface area contributed by atoms with Gasteiger partial charge in [-0.2, -0.15) is 5.10 Å². The van der Waals surface area contributed by atoms with E-state index in [4.69, 9.17) is 5.73 Å². The van der Waals surface area contributed by atoms with Gasteiger partial charge in [0.25, 0.3) is 0 Å². The van der Waals surface area contributed by atoms with E-state index in [1.165, 1.54) is 6.07 Å². The molecule has 84 valence electrons. The van der Waals surface area contributed by atoms with Crippen LogP contribution in [0.3, 0.4) is 0 Å². The molecule has 0 fully saturated rings. The molecular weight excluding hydrogens is 225 g/mol. The number of nitrogen functional groups attached to an aromatic ring is 1. The van der Waals surface area contributed by atoms with Gasteiger partial charge in [0.05, 0.1) is 11.9 Å². The van der Waals surface area contributed by atoms with E-state index in [1.54, 1.807) is 28.7 Å². The summed E-state index contributed by atoms with van der Waals surface area (Å²) in [5, 5.41) is 4.07. The molecule has 1 heterocycles. The molecular formula is C11H12FN3S. The first kappa shape index (κ1) is 11.0. The summed E-state index contributed by atoms with van der Waals surface area (Å²) in [5.74, 6) is 0.410. The van der Waals surface area contributed by atoms with Crippen molar-refractivity contribution in [1.29, 1.82) is 0 Å². The second-order valence-electron chi connectivity index (χ2n) is 3.49. The van der Waals surface area contributed by atoms with Gasteiger partial charge in [-0.1, -0.05) is 0 Å². The van der Waals surface area contributed by atoms with Gasteiger partial charge in [0, 0.05) is 29.5 Å². The second kappa shape index (κ2) is 4.57. The molecule has 0 atom stereocenters. The number of anilines is 1. The van der Waals surface area contributed by atoms with Crippen molar-refractivity contribution in [2.24, 2.45) is 7.05 Å². The number of benzene rings is 1. The average molecular weight is 237 g/mol. The van der Waals surface area contributed by atoms with Crippen LogP contribution in [0.25, 0.3) is 0 Å². The van der Waals surface area contributed by atoms with Gasteiger partial charge >= 0.3 is 0 Å². The van der Waals surface area contributed by atoms with E-state index in [9.17, 15) is 4.39 Å². The smallest absolute Gasteiger partial charge is 0.147 e. The molecule has 3 nitrogen and oxygen atoms in total. The summed E-state index contributed by atoms with van der Waals surface area (Å²) in [5.41, 5.74) is 6.70. The highest BCUT2D eigenvalue weighted by Gasteiger charge is 2.02. The van der Waals surface area contributed by atoms with E-state index in [0.717, 1.165) is 16.2 Å². The van der Waals surface area contributed by atoms with Crippen molar-refractivity contribution < 1.29 is 4.39 Å². The summed E-state index contributed by atoms with van der Waals surface area (Å²) >= 11 is 1.56. The van der Waals surface area contributed by atoms with Gasteiger partial charge in [0.15, 0.2) is 0 Å². The molecule has 5 heteroatoms. The van der Waals surface area contributed by atoms with E-state index < -0.39 is 0 Å². The zero-order chi connectivity index (χ0) is 11.5. The van der Waals surface area contributed by atoms with Crippen LogP contribution in [-0.4, -0.2) is 9.78 Å². The molecule has 0 saturated carbocycles. The fourth-order valence-corrected chi connectivity index (χ4v) is 2.14. The van der Waals surface area contributed by atoms with Crippen molar-refractivity contribution in [3.05, 3.63) is 42.0 Å². The molecule has 1 aromatic carbocycles. The lowest BCUT2D eigenvalue weighted by molar-refractivity contribution is 0.629. The van der Waals surface area contributed by atoms with E-state index >= 15 is 0 Å². The van der Waals surface area contributed by atoms with Crippen LogP contribution in [0.4, 0.5) is 10.1 Å². The Morgan fingerprint density at radius 3 is 2.94 bits per heavy atom. The van der Waals surface area contributed by atoms with Crippen LogP contribution in [0.1, 0.15) is 5.56 Å². The van der Waals surface area contributed by atoms with Gasteiger partial charge < -0.3 is 5.73 Å². The van der Waals surface area contributed by atoms with Crippen molar-refractivity contribution in [2.75, 3.05) is 5.73 Å². The number of hydrogen-bond acceptors (Lipinski definition) is 3. The third kappa shape index (κ3) is 2.55. The predicted octanol–water partition coefficient (Wildman–Crippen LogP) is 2.43. The summed E-state index contributed by atoms with van der Waals surface area (Å²) in [7, 11) is 1.87. The third-order valence-corrected chi connectivity index (χ3v) is 3.20. The Bertz CT molecular complexity index is 496. The van der Waals surface area contributed by atoms with Gasteiger partial charge in [-0.15, -0.1) is 11.8 Å². The van der Waals surface area contributed by atoms with Gasteiger partial charge in [-0.3, -0.25) is 4.68 Å². The van der Waals surface area contributed by atoms with Crippen LogP contribution in [0.5, 0.6) is 0 Å². The number of aromatic nitrogens is 2. The van der Waals surface area contributed by atoms with Crippen molar-refractivity contribution >= 4 is 17.4 Å². The van der Waals surface area contributed by atoms with Crippen molar-refractivity contribution in [3.63, 3.8) is 0 Å². The van der Waals surface area contributed by atoms with Crippen molar-refractivity contribution in [1.82, 2.24) is 9.78 Å². The molecule has 0 spiro atoms. The zero-order valence-corrected chi connectivity index (χ0v) is 9.67. The Morgan fingerprint density at radius 2 is 2.31 bits per heavy atom. The molecule has 0 saturated heterocycles. The predicted molar refractivity (Wildman–Crippen MR) is 63.6 cm³/mol. The van der Waals surface area contributed by atoms with Crippen molar-refractivity contribution in [3.8, 4) is 0 Å². The van der Waals surface area contributed by atoms with Crippen LogP contribution in [-0.2, 0) is 12.8 Å². The number of hydrogen-bond donors (Lipinski definition) is 1. The molecule has 0 aliphatic rings. The SMILES string of the molecule is Cn1cc(CSc2ccc(N)c(F)c2)cn1. The van der Waals surface area contributed by atoms with Crippen molar-refractivity contribution in [2.45, 2.75) is 10.6 Å². The van der Waals surface area contributed by atoms with Crippen LogP contribution in [0, 0.1) is 5.82 Å². The molecule has 2 aromatic rings. The summed E-state index contributed by atoms with van der Waals surface area (Å²) < 4.78 is 14.9. The number of nitrogens with zero attached hydrogens (tertiary/aromatic N) is 2. The van der Waals surface area contributed by atoms with E-state index in [-0.39, 0.29) is 11.5 Å². The molecule has 0 aliphatic carbocycles. The Morgan fingerprint density at radius 1 is 1.50 bits per heavy atom. The van der Waals surface area contributed by atoms with E-state index in [2.05, 4.69) is 5.10 Å². The molecule has 0 amide bonds. The van der Waals surface area contributed by atoms with Gasteiger partial charge in [0.1, 0.15) is 5.82 Å². The Hall–Kier alpha value is -1.49. The fraction of sp³-hybridized carbons (Fsp3) is 0.182. The Kier molecular flexibility index (Phi) is 3.14. The Labute approximate surface area is 97.5 Å². The highest BCUT2D eigenvalue weighted by atomic mass is 32.2. The number of nitrogens with two attached hydrogens (primary N) is 1. The minimum atomic E-state index is -0.365. The topological polar surface area (TPSA) is 43.8 Å². The molecule has 0 bridgehead atoms. The number of thioether (sulfide) groups is 1. The van der Waals surface area contributed by atoms with Crippen LogP contribution < -0.4 is 5.73 Å². The molecule has 0 unspecified atom stereocenters. The molecule has 1 aromatic heterocycles. The summed E-state index contributed by atoms with van der Waals surface area (Å²) in [6.07, 6.45) is 3.75. The molecule has 2 N–H and O–H groups in total. The third-order valence-electron chi connectivity index (χ3n) is 2.14. The maximum atomic E-state index is 13.2. The fourth-order valence-electron chi connectivity index (χ4n) is 1.31. The first-order chi connectivity index (χ1) is 7.65. The quantitative estimate of drug-likeness (QED) is 0.658. The second-order valence-corrected chi connectivity index (χ2v) is 4.54. The van der Waals surface area contributed by atoms with Gasteiger partial charge in [-0.05, 0) is 18.2 Å². The highest BCUT2D eigenvalue weighted by Crippen LogP contribution is 2.25. The maximum Gasteiger partial charge on any atom is 0.147 e. The minimum absolute atomic E-state index is 0.186. The zero-order valence-electron chi connectivity index (χ0n) is 8.85. The maximum absolute atomic E-state index is 13.2. The number of rotatable bonds is 3. The average Bonchev–Trinajstić information content (AvgIpc) is 2.66. The van der Waals surface area contributed by atoms with Crippen LogP contribution in [0.2, 0.25) is 0 Å². The number of halogens is 1. The minimum Gasteiger partial charge on any atom is -0.396 e. The van der Waals surface area contributed by atoms with E-state index in [0.29, 0.717) is 0 Å². The van der Waals surface area contributed by atoms with Crippen LogP contribution >= 0.6 is 11.8 Å². The normalized spacial score (nSPS) is 10.6. The molecule has 0 aliphatic heterocycles. The lowest BCUT2D eigenvalue weighted by Crippen LogP contribution is -1.89. The molecule has 2 rings (SSSR count). The summed E-state index contributed by atoms with van der Waals surface area (Å²) in [6.45, 7) is 0. The molecule has 16 heavy (non-hydrogen) atoms. The standard InChI is InChI=1S/C11H12FN3S/c1-15-6-8(5-14-15)7-16-9-2-3-11(13)10(12)4-9/h2-6H,7,13H2,1H3. The number of aryl methyl sites for hydroxylation is 1. The molecule has 0 radical (unpaired) electrons. The summed E-state index contributed by atoms with van der Waals surface area (Å²) in [4.78, 5) is 0.871. The van der Waals surface area contributed by atoms with Crippen LogP contribution in [0.15, 0.2) is 35.5 Å². The van der Waals surface area contributed by atoms with Gasteiger partial charge in [0.2, 0.25) is 0 Å². The summed E-state index contributed by atoms with van der Waals surface area (Å²) in [6, 6.07) is 4.86. The largest absolute Gasteiger partial charge is 0.396 e. The Balaban J connectivity index is 2.02. The first-order valence-corrected chi connectivity index (χ1v) is 5.79. The lowest BCUT2D eigenvalue weighted by Gasteiger charge is -2.01. The van der Waals surface area contributed by atoms with Gasteiger partial charge in [-0.25, -0.2) is 4.39 Å². The lowest BCUT2D eigenvalue weighted by atomic mass is 10.3. The monoisotopic (exact) mass is 237 g/mol.